The molecule has 0 aromatic heterocycles. The van der Waals surface area contributed by atoms with Gasteiger partial charge in [-0.05, 0) is 35.4 Å². The van der Waals surface area contributed by atoms with Crippen LogP contribution in [0.25, 0.3) is 0 Å². The van der Waals surface area contributed by atoms with E-state index in [0.29, 0.717) is 5.69 Å². The SMILES string of the molecule is O=C(O)c1ccc(NN2C(=O)[C@H]3[C@H](C2=O)[C@H](c2ccccc2)C=C[C@H]3c2ccccc2)cc1. The fraction of sp³-hybridized carbons (Fsp3) is 0.148. The van der Waals surface area contributed by atoms with Crippen LogP contribution < -0.4 is 5.43 Å². The molecule has 1 aliphatic heterocycles. The first-order chi connectivity index (χ1) is 16.0. The van der Waals surface area contributed by atoms with Crippen molar-refractivity contribution in [1.29, 1.82) is 0 Å². The summed E-state index contributed by atoms with van der Waals surface area (Å²) in [7, 11) is 0. The minimum atomic E-state index is -1.04. The number of carbonyl (C=O) groups is 3. The molecule has 164 valence electrons. The summed E-state index contributed by atoms with van der Waals surface area (Å²) in [5.74, 6) is -3.12. The first kappa shape index (κ1) is 20.7. The van der Waals surface area contributed by atoms with Crippen LogP contribution in [0.3, 0.4) is 0 Å². The smallest absolute Gasteiger partial charge is 0.335 e. The normalized spacial score (nSPS) is 23.9. The van der Waals surface area contributed by atoms with Gasteiger partial charge in [0, 0.05) is 11.8 Å². The number of rotatable bonds is 5. The Balaban J connectivity index is 1.52. The number of nitrogens with zero attached hydrogens (tertiary/aromatic N) is 1. The van der Waals surface area contributed by atoms with Gasteiger partial charge in [-0.1, -0.05) is 72.8 Å². The number of carbonyl (C=O) groups excluding carboxylic acids is 2. The van der Waals surface area contributed by atoms with Crippen LogP contribution in [0.5, 0.6) is 0 Å². The Bertz CT molecular complexity index is 1150. The van der Waals surface area contributed by atoms with Gasteiger partial charge < -0.3 is 5.11 Å². The third kappa shape index (κ3) is 3.69. The monoisotopic (exact) mass is 438 g/mol. The number of carboxylic acid groups (broad SMARTS) is 1. The van der Waals surface area contributed by atoms with Crippen LogP contribution in [0.15, 0.2) is 97.1 Å². The van der Waals surface area contributed by atoms with E-state index in [1.165, 1.54) is 12.1 Å². The minimum Gasteiger partial charge on any atom is -0.478 e. The molecule has 33 heavy (non-hydrogen) atoms. The fourth-order valence-corrected chi connectivity index (χ4v) is 4.86. The maximum Gasteiger partial charge on any atom is 0.335 e. The molecule has 2 aliphatic rings. The lowest BCUT2D eigenvalue weighted by molar-refractivity contribution is -0.138. The Labute approximate surface area is 191 Å². The Morgan fingerprint density at radius 1 is 0.697 bits per heavy atom. The fourth-order valence-electron chi connectivity index (χ4n) is 4.86. The van der Waals surface area contributed by atoms with Crippen molar-refractivity contribution in [3.8, 4) is 0 Å². The number of anilines is 1. The van der Waals surface area contributed by atoms with E-state index >= 15 is 0 Å². The predicted molar refractivity (Wildman–Crippen MR) is 123 cm³/mol. The highest BCUT2D eigenvalue weighted by atomic mass is 16.4. The number of hydrogen-bond acceptors (Lipinski definition) is 4. The molecule has 0 saturated carbocycles. The zero-order valence-electron chi connectivity index (χ0n) is 17.7. The topological polar surface area (TPSA) is 86.7 Å². The van der Waals surface area contributed by atoms with Gasteiger partial charge in [-0.15, -0.1) is 0 Å². The average Bonchev–Trinajstić information content (AvgIpc) is 3.10. The maximum atomic E-state index is 13.6. The van der Waals surface area contributed by atoms with Crippen molar-refractivity contribution in [3.05, 3.63) is 114 Å². The van der Waals surface area contributed by atoms with E-state index < -0.39 is 17.8 Å². The highest BCUT2D eigenvalue weighted by molar-refractivity contribution is 6.07. The van der Waals surface area contributed by atoms with Crippen LogP contribution in [0, 0.1) is 11.8 Å². The van der Waals surface area contributed by atoms with Crippen molar-refractivity contribution in [3.63, 3.8) is 0 Å². The lowest BCUT2D eigenvalue weighted by Gasteiger charge is -2.32. The van der Waals surface area contributed by atoms with E-state index in [1.807, 2.05) is 72.8 Å². The molecule has 2 N–H and O–H groups in total. The van der Waals surface area contributed by atoms with Crippen molar-refractivity contribution in [2.45, 2.75) is 11.8 Å². The molecule has 4 atom stereocenters. The number of imide groups is 1. The third-order valence-electron chi connectivity index (χ3n) is 6.44. The number of carboxylic acids is 1. The van der Waals surface area contributed by atoms with Gasteiger partial charge in [-0.3, -0.25) is 15.0 Å². The van der Waals surface area contributed by atoms with Gasteiger partial charge in [0.1, 0.15) is 0 Å². The van der Waals surface area contributed by atoms with Gasteiger partial charge in [0.05, 0.1) is 23.1 Å². The van der Waals surface area contributed by atoms with Gasteiger partial charge in [0.2, 0.25) is 0 Å². The lowest BCUT2D eigenvalue weighted by atomic mass is 9.68. The first-order valence-electron chi connectivity index (χ1n) is 10.8. The molecule has 3 aromatic rings. The summed E-state index contributed by atoms with van der Waals surface area (Å²) in [5.41, 5.74) is 5.50. The third-order valence-corrected chi connectivity index (χ3v) is 6.44. The molecule has 0 spiro atoms. The molecule has 1 saturated heterocycles. The summed E-state index contributed by atoms with van der Waals surface area (Å²) in [6.45, 7) is 0. The number of fused-ring (bicyclic) bond motifs is 1. The molecule has 0 unspecified atom stereocenters. The number of aromatic carboxylic acids is 1. The highest BCUT2D eigenvalue weighted by Crippen LogP contribution is 2.49. The van der Waals surface area contributed by atoms with Crippen LogP contribution >= 0.6 is 0 Å². The number of hydrogen-bond donors (Lipinski definition) is 2. The van der Waals surface area contributed by atoms with E-state index in [-0.39, 0.29) is 29.2 Å². The van der Waals surface area contributed by atoms with Crippen molar-refractivity contribution < 1.29 is 19.5 Å². The summed E-state index contributed by atoms with van der Waals surface area (Å²) in [4.78, 5) is 38.3. The Kier molecular flexibility index (Phi) is 5.26. The Hall–Kier alpha value is -4.19. The first-order valence-corrected chi connectivity index (χ1v) is 10.8. The molecular weight excluding hydrogens is 416 g/mol. The van der Waals surface area contributed by atoms with Crippen LogP contribution in [-0.4, -0.2) is 27.9 Å². The average molecular weight is 438 g/mol. The van der Waals surface area contributed by atoms with E-state index in [1.54, 1.807) is 12.1 Å². The van der Waals surface area contributed by atoms with Gasteiger partial charge in [0.15, 0.2) is 0 Å². The van der Waals surface area contributed by atoms with E-state index in [2.05, 4.69) is 5.43 Å². The highest BCUT2D eigenvalue weighted by Gasteiger charge is 2.55. The molecule has 0 bridgehead atoms. The molecule has 1 fully saturated rings. The number of benzene rings is 3. The van der Waals surface area contributed by atoms with Crippen molar-refractivity contribution in [2.24, 2.45) is 11.8 Å². The maximum absolute atomic E-state index is 13.6. The van der Waals surface area contributed by atoms with Gasteiger partial charge in [-0.25, -0.2) is 4.79 Å². The molecule has 6 heteroatoms. The Morgan fingerprint density at radius 3 is 1.58 bits per heavy atom. The van der Waals surface area contributed by atoms with Crippen molar-refractivity contribution >= 4 is 23.5 Å². The van der Waals surface area contributed by atoms with Crippen molar-refractivity contribution in [1.82, 2.24) is 5.01 Å². The summed E-state index contributed by atoms with van der Waals surface area (Å²) < 4.78 is 0. The molecule has 3 aromatic carbocycles. The largest absolute Gasteiger partial charge is 0.478 e. The number of allylic oxidation sites excluding steroid dienone is 2. The van der Waals surface area contributed by atoms with Crippen LogP contribution in [0.4, 0.5) is 5.69 Å². The molecule has 6 nitrogen and oxygen atoms in total. The summed E-state index contributed by atoms with van der Waals surface area (Å²) in [6, 6.07) is 25.5. The molecule has 5 rings (SSSR count). The second-order valence-corrected chi connectivity index (χ2v) is 8.32. The molecule has 2 amide bonds. The quantitative estimate of drug-likeness (QED) is 0.454. The van der Waals surface area contributed by atoms with Gasteiger partial charge in [0.25, 0.3) is 11.8 Å². The zero-order chi connectivity index (χ0) is 22.9. The Morgan fingerprint density at radius 2 is 1.15 bits per heavy atom. The van der Waals surface area contributed by atoms with Gasteiger partial charge in [-0.2, -0.15) is 5.01 Å². The number of nitrogens with one attached hydrogen (secondary N) is 1. The summed E-state index contributed by atoms with van der Waals surface area (Å²) >= 11 is 0. The minimum absolute atomic E-state index is 0.130. The zero-order valence-corrected chi connectivity index (χ0v) is 17.7. The number of amides is 2. The number of hydrazine groups is 1. The molecule has 1 aliphatic carbocycles. The second kappa shape index (κ2) is 8.39. The molecular formula is C27H22N2O4. The van der Waals surface area contributed by atoms with E-state index in [9.17, 15) is 14.4 Å². The standard InChI is InChI=1S/C27H22N2O4/c30-25-23-21(17-7-3-1-4-8-17)15-16-22(18-9-5-2-6-10-18)24(23)26(31)29(25)28-20-13-11-19(12-14-20)27(32)33/h1-16,21-24,28H,(H,32,33)/t21-,22-,23+,24+/m0/s1. The van der Waals surface area contributed by atoms with Crippen LogP contribution in [-0.2, 0) is 9.59 Å². The lowest BCUT2D eigenvalue weighted by Crippen LogP contribution is -2.37. The van der Waals surface area contributed by atoms with Crippen molar-refractivity contribution in [2.75, 3.05) is 5.43 Å². The second-order valence-electron chi connectivity index (χ2n) is 8.32. The summed E-state index contributed by atoms with van der Waals surface area (Å²) in [6.07, 6.45) is 4.09. The molecule has 0 radical (unpaired) electrons. The summed E-state index contributed by atoms with van der Waals surface area (Å²) in [5, 5.41) is 10.2. The van der Waals surface area contributed by atoms with Gasteiger partial charge >= 0.3 is 5.97 Å². The predicted octanol–water partition coefficient (Wildman–Crippen LogP) is 4.45. The van der Waals surface area contributed by atoms with Crippen LogP contribution in [0.2, 0.25) is 0 Å². The van der Waals surface area contributed by atoms with E-state index in [0.717, 1.165) is 16.1 Å². The van der Waals surface area contributed by atoms with Crippen LogP contribution in [0.1, 0.15) is 33.3 Å². The molecule has 1 heterocycles. The van der Waals surface area contributed by atoms with E-state index in [4.69, 9.17) is 5.11 Å².